The van der Waals surface area contributed by atoms with Crippen LogP contribution >= 0.6 is 11.3 Å². The molecule has 0 amide bonds. The highest BCUT2D eigenvalue weighted by Gasteiger charge is 2.04. The van der Waals surface area contributed by atoms with E-state index in [1.165, 1.54) is 4.88 Å². The van der Waals surface area contributed by atoms with E-state index < -0.39 is 0 Å². The molecule has 0 saturated carbocycles. The van der Waals surface area contributed by atoms with E-state index in [1.54, 1.807) is 16.0 Å². The van der Waals surface area contributed by atoms with Gasteiger partial charge in [-0.25, -0.2) is 4.39 Å². The van der Waals surface area contributed by atoms with Crippen molar-refractivity contribution in [2.75, 3.05) is 12.0 Å². The second kappa shape index (κ2) is 5.12. The Hall–Kier alpha value is -1.36. The number of thiophene rings is 1. The third-order valence-electron chi connectivity index (χ3n) is 2.29. The summed E-state index contributed by atoms with van der Waals surface area (Å²) in [6.45, 7) is 2.65. The van der Waals surface area contributed by atoms with Crippen LogP contribution in [0.25, 0.3) is 0 Å². The van der Waals surface area contributed by atoms with Crippen LogP contribution in [0.15, 0.2) is 23.7 Å². The van der Waals surface area contributed by atoms with Crippen LogP contribution in [-0.4, -0.2) is 16.5 Å². The van der Waals surface area contributed by atoms with Crippen LogP contribution in [-0.2, 0) is 13.1 Å². The quantitative estimate of drug-likeness (QED) is 0.869. The van der Waals surface area contributed by atoms with Gasteiger partial charge in [0.25, 0.3) is 0 Å². The van der Waals surface area contributed by atoms with Gasteiger partial charge in [-0.1, -0.05) is 6.07 Å². The van der Waals surface area contributed by atoms with Crippen molar-refractivity contribution in [3.63, 3.8) is 0 Å². The normalized spacial score (nSPS) is 10.6. The zero-order valence-corrected chi connectivity index (χ0v) is 9.93. The van der Waals surface area contributed by atoms with E-state index >= 15 is 0 Å². The van der Waals surface area contributed by atoms with Gasteiger partial charge in [0, 0.05) is 17.6 Å². The maximum atomic E-state index is 12.1. The largest absolute Gasteiger partial charge is 0.377 e. The van der Waals surface area contributed by atoms with Crippen LogP contribution < -0.4 is 5.32 Å². The van der Waals surface area contributed by atoms with Crippen LogP contribution in [0.5, 0.6) is 0 Å². The number of rotatable bonds is 5. The van der Waals surface area contributed by atoms with E-state index in [9.17, 15) is 4.39 Å². The minimum absolute atomic E-state index is 0.321. The maximum Gasteiger partial charge on any atom is 0.109 e. The molecule has 16 heavy (non-hydrogen) atoms. The van der Waals surface area contributed by atoms with E-state index in [4.69, 9.17) is 0 Å². The topological polar surface area (TPSA) is 29.9 Å². The summed E-state index contributed by atoms with van der Waals surface area (Å²) in [6.07, 6.45) is 1.85. The van der Waals surface area contributed by atoms with Crippen molar-refractivity contribution in [2.45, 2.75) is 20.0 Å². The lowest BCUT2D eigenvalue weighted by atomic mass is 10.4. The summed E-state index contributed by atoms with van der Waals surface area (Å²) in [6, 6.07) is 4.11. The van der Waals surface area contributed by atoms with E-state index in [0.717, 1.165) is 17.9 Å². The zero-order chi connectivity index (χ0) is 11.4. The van der Waals surface area contributed by atoms with Crippen molar-refractivity contribution >= 4 is 17.0 Å². The van der Waals surface area contributed by atoms with Crippen molar-refractivity contribution in [3.05, 3.63) is 34.3 Å². The monoisotopic (exact) mass is 239 g/mol. The SMILES string of the molecule is Cc1nn(CCF)cc1NCc1cccs1. The zero-order valence-electron chi connectivity index (χ0n) is 9.11. The molecule has 2 heterocycles. The molecule has 86 valence electrons. The van der Waals surface area contributed by atoms with Gasteiger partial charge in [0.2, 0.25) is 0 Å². The highest BCUT2D eigenvalue weighted by molar-refractivity contribution is 7.09. The molecule has 0 radical (unpaired) electrons. The first-order valence-corrected chi connectivity index (χ1v) is 6.04. The van der Waals surface area contributed by atoms with E-state index in [2.05, 4.69) is 21.9 Å². The van der Waals surface area contributed by atoms with Crippen molar-refractivity contribution in [1.29, 1.82) is 0 Å². The number of aromatic nitrogens is 2. The Morgan fingerprint density at radius 1 is 1.56 bits per heavy atom. The van der Waals surface area contributed by atoms with Gasteiger partial charge in [-0.05, 0) is 18.4 Å². The summed E-state index contributed by atoms with van der Waals surface area (Å²) in [5, 5.41) is 9.57. The molecule has 0 aliphatic heterocycles. The second-order valence-electron chi connectivity index (χ2n) is 3.51. The Morgan fingerprint density at radius 3 is 3.12 bits per heavy atom. The molecule has 0 spiro atoms. The Balaban J connectivity index is 1.98. The molecule has 0 atom stereocenters. The number of nitrogens with zero attached hydrogens (tertiary/aromatic N) is 2. The Kier molecular flexibility index (Phi) is 3.56. The van der Waals surface area contributed by atoms with Gasteiger partial charge >= 0.3 is 0 Å². The molecule has 2 aromatic rings. The molecule has 0 aliphatic rings. The third-order valence-corrected chi connectivity index (χ3v) is 3.17. The first-order chi connectivity index (χ1) is 7.79. The summed E-state index contributed by atoms with van der Waals surface area (Å²) in [7, 11) is 0. The van der Waals surface area contributed by atoms with E-state index in [-0.39, 0.29) is 6.67 Å². The molecule has 0 aromatic carbocycles. The fraction of sp³-hybridized carbons (Fsp3) is 0.364. The van der Waals surface area contributed by atoms with E-state index in [0.29, 0.717) is 6.54 Å². The minimum atomic E-state index is -0.383. The fourth-order valence-electron chi connectivity index (χ4n) is 1.49. The molecular weight excluding hydrogens is 225 g/mol. The van der Waals surface area contributed by atoms with E-state index in [1.807, 2.05) is 19.2 Å². The lowest BCUT2D eigenvalue weighted by Crippen LogP contribution is -1.99. The number of anilines is 1. The molecule has 0 aliphatic carbocycles. The average Bonchev–Trinajstić information content (AvgIpc) is 2.86. The first kappa shape index (κ1) is 11.1. The number of hydrogen-bond donors (Lipinski definition) is 1. The summed E-state index contributed by atoms with van der Waals surface area (Å²) >= 11 is 1.72. The lowest BCUT2D eigenvalue weighted by molar-refractivity contribution is 0.426. The Morgan fingerprint density at radius 2 is 2.44 bits per heavy atom. The van der Waals surface area contributed by atoms with Gasteiger partial charge in [0.1, 0.15) is 6.67 Å². The van der Waals surface area contributed by atoms with Gasteiger partial charge in [0.05, 0.1) is 17.9 Å². The molecule has 2 aromatic heterocycles. The van der Waals surface area contributed by atoms with Gasteiger partial charge in [-0.3, -0.25) is 4.68 Å². The average molecular weight is 239 g/mol. The van der Waals surface area contributed by atoms with Gasteiger partial charge in [0.15, 0.2) is 0 Å². The van der Waals surface area contributed by atoms with Gasteiger partial charge < -0.3 is 5.32 Å². The number of nitrogens with one attached hydrogen (secondary N) is 1. The van der Waals surface area contributed by atoms with Crippen molar-refractivity contribution in [3.8, 4) is 0 Å². The Bertz CT molecular complexity index is 436. The smallest absolute Gasteiger partial charge is 0.109 e. The molecule has 5 heteroatoms. The molecule has 3 nitrogen and oxygen atoms in total. The molecule has 0 saturated heterocycles. The lowest BCUT2D eigenvalue weighted by Gasteiger charge is -2.01. The number of halogens is 1. The molecule has 0 fully saturated rings. The predicted octanol–water partition coefficient (Wildman–Crippen LogP) is 2.83. The highest BCUT2D eigenvalue weighted by Crippen LogP contribution is 2.15. The second-order valence-corrected chi connectivity index (χ2v) is 4.55. The molecule has 1 N–H and O–H groups in total. The number of alkyl halides is 1. The fourth-order valence-corrected chi connectivity index (χ4v) is 2.13. The van der Waals surface area contributed by atoms with Crippen LogP contribution in [0, 0.1) is 6.92 Å². The summed E-state index contributed by atoms with van der Waals surface area (Å²) in [5.74, 6) is 0. The number of hydrogen-bond acceptors (Lipinski definition) is 3. The Labute approximate surface area is 97.9 Å². The predicted molar refractivity (Wildman–Crippen MR) is 64.6 cm³/mol. The van der Waals surface area contributed by atoms with Gasteiger partial charge in [-0.2, -0.15) is 5.10 Å². The van der Waals surface area contributed by atoms with Gasteiger partial charge in [-0.15, -0.1) is 11.3 Å². The molecular formula is C11H14FN3S. The maximum absolute atomic E-state index is 12.1. The van der Waals surface area contributed by atoms with Crippen molar-refractivity contribution in [2.24, 2.45) is 0 Å². The number of aryl methyl sites for hydroxylation is 2. The minimum Gasteiger partial charge on any atom is -0.377 e. The summed E-state index contributed by atoms with van der Waals surface area (Å²) in [5.41, 5.74) is 1.88. The third kappa shape index (κ3) is 2.61. The molecule has 0 unspecified atom stereocenters. The van der Waals surface area contributed by atoms with Crippen molar-refractivity contribution in [1.82, 2.24) is 9.78 Å². The highest BCUT2D eigenvalue weighted by atomic mass is 32.1. The molecule has 2 rings (SSSR count). The van der Waals surface area contributed by atoms with Crippen LogP contribution in [0.4, 0.5) is 10.1 Å². The van der Waals surface area contributed by atoms with Crippen LogP contribution in [0.1, 0.15) is 10.6 Å². The van der Waals surface area contributed by atoms with Crippen molar-refractivity contribution < 1.29 is 4.39 Å². The van der Waals surface area contributed by atoms with Crippen LogP contribution in [0.3, 0.4) is 0 Å². The van der Waals surface area contributed by atoms with Crippen LogP contribution in [0.2, 0.25) is 0 Å². The summed E-state index contributed by atoms with van der Waals surface area (Å²) in [4.78, 5) is 1.28. The molecule has 0 bridgehead atoms. The standard InChI is InChI=1S/C11H14FN3S/c1-9-11(8-15(14-9)5-4-12)13-7-10-3-2-6-16-10/h2-3,6,8,13H,4-5,7H2,1H3. The summed E-state index contributed by atoms with van der Waals surface area (Å²) < 4.78 is 13.8. The first-order valence-electron chi connectivity index (χ1n) is 5.16.